The van der Waals surface area contributed by atoms with Crippen molar-refractivity contribution in [2.45, 2.75) is 25.4 Å². The van der Waals surface area contributed by atoms with Crippen LogP contribution in [0, 0.1) is 5.82 Å². The van der Waals surface area contributed by atoms with Gasteiger partial charge in [-0.3, -0.25) is 14.4 Å². The van der Waals surface area contributed by atoms with Gasteiger partial charge in [0.05, 0.1) is 12.2 Å². The molecule has 160 valence electrons. The molecule has 10 heteroatoms. The Bertz CT molecular complexity index is 1220. The topological polar surface area (TPSA) is 102 Å². The number of nitrogens with zero attached hydrogens (tertiary/aromatic N) is 5. The van der Waals surface area contributed by atoms with Gasteiger partial charge in [-0.25, -0.2) is 14.1 Å². The number of pyridine rings is 1. The fourth-order valence-corrected chi connectivity index (χ4v) is 3.65. The van der Waals surface area contributed by atoms with Crippen LogP contribution in [-0.4, -0.2) is 44.2 Å². The lowest BCUT2D eigenvalue weighted by Gasteiger charge is -2.22. The molecular weight excluding hydrogens is 403 g/mol. The molecule has 0 bridgehead atoms. The van der Waals surface area contributed by atoms with E-state index in [1.165, 1.54) is 32.6 Å². The molecule has 1 atom stereocenters. The summed E-state index contributed by atoms with van der Waals surface area (Å²) >= 11 is 0. The number of hydrogen-bond acceptors (Lipinski definition) is 5. The van der Waals surface area contributed by atoms with Crippen LogP contribution >= 0.6 is 0 Å². The van der Waals surface area contributed by atoms with Gasteiger partial charge >= 0.3 is 0 Å². The van der Waals surface area contributed by atoms with E-state index >= 15 is 0 Å². The van der Waals surface area contributed by atoms with Crippen LogP contribution in [0.3, 0.4) is 0 Å². The Morgan fingerprint density at radius 3 is 2.74 bits per heavy atom. The molecule has 0 radical (unpaired) electrons. The number of rotatable bonds is 4. The molecule has 3 heterocycles. The first kappa shape index (κ1) is 20.5. The standard InChI is InChI=1S/C21H21FN6O3/c1-26-16-8-7-15(21(31)27(2)17(16)9-10-18(26)29)24-20(30)19-23-12-28(25-19)11-13-5-3-4-6-14(13)22/h3-6,9-10,12,15H,7-8,11H2,1-2H3,(H,24,30)/t15-/m0/s1. The van der Waals surface area contributed by atoms with E-state index in [2.05, 4.69) is 15.4 Å². The SMILES string of the molecule is CN1C(=O)[C@@H](NC(=O)c2ncn(Cc3ccccc3F)n2)CCc2c1ccc(=O)n2C. The molecule has 0 aliphatic carbocycles. The van der Waals surface area contributed by atoms with Crippen LogP contribution in [0.1, 0.15) is 28.3 Å². The second-order valence-corrected chi connectivity index (χ2v) is 7.38. The van der Waals surface area contributed by atoms with E-state index in [1.54, 1.807) is 38.4 Å². The number of hydrogen-bond donors (Lipinski definition) is 1. The molecule has 1 aliphatic rings. The van der Waals surface area contributed by atoms with Gasteiger partial charge in [0.2, 0.25) is 11.7 Å². The van der Waals surface area contributed by atoms with Crippen LogP contribution in [0.4, 0.5) is 10.1 Å². The first-order valence-corrected chi connectivity index (χ1v) is 9.75. The number of likely N-dealkylation sites (N-methyl/N-ethyl adjacent to an activating group) is 1. The number of fused-ring (bicyclic) bond motifs is 1. The molecule has 0 spiro atoms. The maximum atomic E-state index is 13.8. The van der Waals surface area contributed by atoms with E-state index in [-0.39, 0.29) is 29.7 Å². The number of amides is 2. The van der Waals surface area contributed by atoms with E-state index in [4.69, 9.17) is 0 Å². The molecule has 2 aromatic heterocycles. The molecule has 1 aliphatic heterocycles. The highest BCUT2D eigenvalue weighted by molar-refractivity contribution is 6.01. The third kappa shape index (κ3) is 3.96. The van der Waals surface area contributed by atoms with Crippen molar-refractivity contribution >= 4 is 17.5 Å². The molecule has 31 heavy (non-hydrogen) atoms. The van der Waals surface area contributed by atoms with Crippen LogP contribution in [-0.2, 0) is 24.8 Å². The summed E-state index contributed by atoms with van der Waals surface area (Å²) in [4.78, 5) is 42.9. The molecule has 3 aromatic rings. The maximum Gasteiger partial charge on any atom is 0.291 e. The Morgan fingerprint density at radius 1 is 1.19 bits per heavy atom. The first-order valence-electron chi connectivity index (χ1n) is 9.75. The lowest BCUT2D eigenvalue weighted by atomic mass is 10.1. The summed E-state index contributed by atoms with van der Waals surface area (Å²) in [6, 6.07) is 8.52. The Hall–Kier alpha value is -3.82. The number of halogens is 1. The number of carbonyl (C=O) groups excluding carboxylic acids is 2. The summed E-state index contributed by atoms with van der Waals surface area (Å²) in [5.41, 5.74) is 1.62. The molecule has 9 nitrogen and oxygen atoms in total. The van der Waals surface area contributed by atoms with Gasteiger partial charge in [-0.05, 0) is 25.0 Å². The van der Waals surface area contributed by atoms with Crippen LogP contribution in [0.15, 0.2) is 47.5 Å². The summed E-state index contributed by atoms with van der Waals surface area (Å²) < 4.78 is 16.7. The average molecular weight is 424 g/mol. The monoisotopic (exact) mass is 424 g/mol. The van der Waals surface area contributed by atoms with E-state index in [9.17, 15) is 18.8 Å². The zero-order valence-corrected chi connectivity index (χ0v) is 17.1. The molecule has 0 saturated heterocycles. The Balaban J connectivity index is 1.48. The third-order valence-corrected chi connectivity index (χ3v) is 5.41. The molecule has 2 amide bonds. The molecule has 0 unspecified atom stereocenters. The largest absolute Gasteiger partial charge is 0.337 e. The molecule has 0 fully saturated rings. The second kappa shape index (κ2) is 8.13. The van der Waals surface area contributed by atoms with Gasteiger partial charge in [-0.1, -0.05) is 18.2 Å². The van der Waals surface area contributed by atoms with Gasteiger partial charge in [0.15, 0.2) is 0 Å². The molecule has 0 saturated carbocycles. The van der Waals surface area contributed by atoms with E-state index < -0.39 is 11.9 Å². The minimum Gasteiger partial charge on any atom is -0.337 e. The molecule has 1 aromatic carbocycles. The predicted molar refractivity (Wildman–Crippen MR) is 110 cm³/mol. The van der Waals surface area contributed by atoms with Crippen molar-refractivity contribution in [3.05, 3.63) is 76.0 Å². The zero-order valence-electron chi connectivity index (χ0n) is 17.1. The average Bonchev–Trinajstić information content (AvgIpc) is 3.18. The smallest absolute Gasteiger partial charge is 0.291 e. The highest BCUT2D eigenvalue weighted by Crippen LogP contribution is 2.24. The Morgan fingerprint density at radius 2 is 1.97 bits per heavy atom. The Kier molecular flexibility index (Phi) is 5.37. The predicted octanol–water partition coefficient (Wildman–Crippen LogP) is 0.872. The maximum absolute atomic E-state index is 13.8. The van der Waals surface area contributed by atoms with Crippen LogP contribution in [0.25, 0.3) is 0 Å². The van der Waals surface area contributed by atoms with Gasteiger partial charge in [-0.2, -0.15) is 0 Å². The molecule has 1 N–H and O–H groups in total. The van der Waals surface area contributed by atoms with Crippen molar-refractivity contribution in [2.24, 2.45) is 7.05 Å². The van der Waals surface area contributed by atoms with Crippen molar-refractivity contribution in [1.82, 2.24) is 24.6 Å². The minimum absolute atomic E-state index is 0.110. The van der Waals surface area contributed by atoms with Crippen LogP contribution in [0.2, 0.25) is 0 Å². The number of nitrogens with one attached hydrogen (secondary N) is 1. The minimum atomic E-state index is -0.793. The molecular formula is C21H21FN6O3. The van der Waals surface area contributed by atoms with Gasteiger partial charge < -0.3 is 14.8 Å². The van der Waals surface area contributed by atoms with Crippen LogP contribution < -0.4 is 15.8 Å². The zero-order chi connectivity index (χ0) is 22.1. The van der Waals surface area contributed by atoms with Gasteiger partial charge in [0, 0.05) is 31.4 Å². The number of aromatic nitrogens is 4. The number of benzene rings is 1. The van der Waals surface area contributed by atoms with E-state index in [0.29, 0.717) is 24.1 Å². The van der Waals surface area contributed by atoms with Gasteiger partial charge in [-0.15, -0.1) is 5.10 Å². The van der Waals surface area contributed by atoms with Crippen molar-refractivity contribution in [3.63, 3.8) is 0 Å². The lowest BCUT2D eigenvalue weighted by Crippen LogP contribution is -2.47. The summed E-state index contributed by atoms with van der Waals surface area (Å²) in [6.45, 7) is 0.126. The third-order valence-electron chi connectivity index (χ3n) is 5.41. The quantitative estimate of drug-likeness (QED) is 0.670. The van der Waals surface area contributed by atoms with Gasteiger partial charge in [0.25, 0.3) is 11.5 Å². The highest BCUT2D eigenvalue weighted by atomic mass is 19.1. The summed E-state index contributed by atoms with van der Waals surface area (Å²) in [6.07, 6.45) is 2.11. The first-order chi connectivity index (χ1) is 14.8. The van der Waals surface area contributed by atoms with Crippen LogP contribution in [0.5, 0.6) is 0 Å². The van der Waals surface area contributed by atoms with Crippen molar-refractivity contribution in [1.29, 1.82) is 0 Å². The van der Waals surface area contributed by atoms with E-state index in [1.807, 2.05) is 0 Å². The van der Waals surface area contributed by atoms with Crippen molar-refractivity contribution < 1.29 is 14.0 Å². The van der Waals surface area contributed by atoms with Crippen molar-refractivity contribution in [2.75, 3.05) is 11.9 Å². The number of carbonyl (C=O) groups is 2. The summed E-state index contributed by atoms with van der Waals surface area (Å²) in [7, 11) is 3.27. The van der Waals surface area contributed by atoms with Crippen molar-refractivity contribution in [3.8, 4) is 0 Å². The lowest BCUT2D eigenvalue weighted by molar-refractivity contribution is -0.120. The fourth-order valence-electron chi connectivity index (χ4n) is 3.65. The Labute approximate surface area is 177 Å². The van der Waals surface area contributed by atoms with E-state index in [0.717, 1.165) is 5.69 Å². The summed E-state index contributed by atoms with van der Waals surface area (Å²) in [5, 5.41) is 6.78. The second-order valence-electron chi connectivity index (χ2n) is 7.38. The molecule has 4 rings (SSSR count). The fraction of sp³-hybridized carbons (Fsp3) is 0.286. The number of anilines is 1. The normalized spacial score (nSPS) is 16.0. The highest BCUT2D eigenvalue weighted by Gasteiger charge is 2.31. The van der Waals surface area contributed by atoms with Gasteiger partial charge in [0.1, 0.15) is 18.2 Å². The summed E-state index contributed by atoms with van der Waals surface area (Å²) in [5.74, 6) is -1.37.